The summed E-state index contributed by atoms with van der Waals surface area (Å²) in [5.41, 5.74) is 0. The van der Waals surface area contributed by atoms with Gasteiger partial charge in [0, 0.05) is 6.20 Å². The summed E-state index contributed by atoms with van der Waals surface area (Å²) in [7, 11) is 0. The smallest absolute Gasteiger partial charge is 0.142 e. The van der Waals surface area contributed by atoms with E-state index in [1.165, 1.54) is 6.20 Å². The normalized spacial score (nSPS) is 13.4. The fourth-order valence-electron chi connectivity index (χ4n) is 0.458. The van der Waals surface area contributed by atoms with E-state index in [0.29, 0.717) is 5.84 Å². The molecule has 1 unspecified atom stereocenters. The Hall–Kier alpha value is -1.36. The number of amidine groups is 1. The lowest BCUT2D eigenvalue weighted by Crippen LogP contribution is -2.04. The average molecular weight is 134 g/mol. The molecule has 2 nitrogen and oxygen atoms in total. The summed E-state index contributed by atoms with van der Waals surface area (Å²) in [5.74, 6) is 2.94. The van der Waals surface area contributed by atoms with E-state index in [1.54, 1.807) is 0 Å². The van der Waals surface area contributed by atoms with Gasteiger partial charge in [0.25, 0.3) is 0 Å². The highest BCUT2D eigenvalue weighted by atomic mass is 14.9. The van der Waals surface area contributed by atoms with Gasteiger partial charge >= 0.3 is 0 Å². The van der Waals surface area contributed by atoms with Crippen LogP contribution in [-0.2, 0) is 0 Å². The largest absolute Gasteiger partial charge is 0.248 e. The standard InChI is InChI=1S/C8H10N2/c1-5-7(3)8(9-4)10-6-2/h1,6-7H,2,4H2,3H3. The molecule has 0 spiro atoms. The Morgan fingerprint density at radius 2 is 2.40 bits per heavy atom. The molecule has 10 heavy (non-hydrogen) atoms. The summed E-state index contributed by atoms with van der Waals surface area (Å²) in [5, 5.41) is 0. The van der Waals surface area contributed by atoms with Crippen molar-refractivity contribution in [1.82, 2.24) is 0 Å². The second-order valence-electron chi connectivity index (χ2n) is 1.72. The van der Waals surface area contributed by atoms with E-state index >= 15 is 0 Å². The van der Waals surface area contributed by atoms with E-state index in [2.05, 4.69) is 29.2 Å². The van der Waals surface area contributed by atoms with Gasteiger partial charge in [-0.05, 0) is 13.6 Å². The molecule has 0 aromatic rings. The number of nitrogens with zero attached hydrogens (tertiary/aromatic N) is 2. The van der Waals surface area contributed by atoms with E-state index in [9.17, 15) is 0 Å². The highest BCUT2D eigenvalue weighted by Crippen LogP contribution is 1.97. The zero-order valence-corrected chi connectivity index (χ0v) is 6.04. The molecule has 0 rings (SSSR count). The second kappa shape index (κ2) is 4.51. The van der Waals surface area contributed by atoms with Gasteiger partial charge in [-0.3, -0.25) is 0 Å². The van der Waals surface area contributed by atoms with Crippen LogP contribution in [0.15, 0.2) is 22.8 Å². The monoisotopic (exact) mass is 134 g/mol. The van der Waals surface area contributed by atoms with Crippen molar-refractivity contribution in [2.45, 2.75) is 6.92 Å². The maximum atomic E-state index is 5.13. The summed E-state index contributed by atoms with van der Waals surface area (Å²) in [6, 6.07) is 0. The molecule has 0 aromatic heterocycles. The molecule has 0 heterocycles. The van der Waals surface area contributed by atoms with E-state index in [4.69, 9.17) is 6.42 Å². The third kappa shape index (κ3) is 2.27. The molecule has 0 radical (unpaired) electrons. The number of rotatable bonds is 2. The fourth-order valence-corrected chi connectivity index (χ4v) is 0.458. The molecule has 0 aliphatic heterocycles. The number of hydrogen-bond donors (Lipinski definition) is 0. The van der Waals surface area contributed by atoms with Crippen LogP contribution in [0.3, 0.4) is 0 Å². The second-order valence-corrected chi connectivity index (χ2v) is 1.72. The molecule has 52 valence electrons. The summed E-state index contributed by atoms with van der Waals surface area (Å²) in [4.78, 5) is 7.46. The van der Waals surface area contributed by atoms with Gasteiger partial charge in [0.2, 0.25) is 0 Å². The van der Waals surface area contributed by atoms with Crippen LogP contribution in [0, 0.1) is 18.3 Å². The first-order valence-electron chi connectivity index (χ1n) is 2.87. The Morgan fingerprint density at radius 1 is 1.80 bits per heavy atom. The van der Waals surface area contributed by atoms with Crippen LogP contribution in [0.4, 0.5) is 0 Å². The van der Waals surface area contributed by atoms with Gasteiger partial charge in [-0.2, -0.15) is 0 Å². The predicted octanol–water partition coefficient (Wildman–Crippen LogP) is 1.50. The van der Waals surface area contributed by atoms with E-state index in [-0.39, 0.29) is 5.92 Å². The van der Waals surface area contributed by atoms with Crippen LogP contribution in [-0.4, -0.2) is 12.6 Å². The quantitative estimate of drug-likeness (QED) is 0.310. The third-order valence-corrected chi connectivity index (χ3v) is 1.02. The first-order chi connectivity index (χ1) is 4.76. The Kier molecular flexibility index (Phi) is 3.90. The van der Waals surface area contributed by atoms with Crippen LogP contribution in [0.5, 0.6) is 0 Å². The minimum atomic E-state index is -0.0875. The van der Waals surface area contributed by atoms with Crippen LogP contribution in [0.2, 0.25) is 0 Å². The van der Waals surface area contributed by atoms with Crippen molar-refractivity contribution >= 4 is 12.6 Å². The molecule has 0 saturated heterocycles. The van der Waals surface area contributed by atoms with Crippen molar-refractivity contribution in [2.75, 3.05) is 0 Å². The third-order valence-electron chi connectivity index (χ3n) is 1.02. The lowest BCUT2D eigenvalue weighted by molar-refractivity contribution is 1.02. The van der Waals surface area contributed by atoms with Crippen molar-refractivity contribution in [3.63, 3.8) is 0 Å². The molecule has 2 heteroatoms. The Balaban J connectivity index is 4.37. The number of aliphatic imine (C=N–C) groups is 2. The van der Waals surface area contributed by atoms with Crippen LogP contribution in [0.25, 0.3) is 0 Å². The molecule has 0 saturated carbocycles. The van der Waals surface area contributed by atoms with Gasteiger partial charge in [0.1, 0.15) is 5.84 Å². The maximum absolute atomic E-state index is 5.13. The SMILES string of the molecule is C#CC(C)C(N=C)=NC=C. The van der Waals surface area contributed by atoms with Gasteiger partial charge in [-0.25, -0.2) is 9.98 Å². The Labute approximate surface area is 61.4 Å². The first kappa shape index (κ1) is 8.64. The van der Waals surface area contributed by atoms with Crippen molar-refractivity contribution in [3.05, 3.63) is 12.8 Å². The summed E-state index contributed by atoms with van der Waals surface area (Å²) in [6.07, 6.45) is 6.53. The van der Waals surface area contributed by atoms with Gasteiger partial charge in [0.15, 0.2) is 0 Å². The molecule has 0 fully saturated rings. The number of hydrogen-bond acceptors (Lipinski definition) is 1. The predicted molar refractivity (Wildman–Crippen MR) is 45.2 cm³/mol. The molecular weight excluding hydrogens is 124 g/mol. The fraction of sp³-hybridized carbons (Fsp3) is 0.250. The summed E-state index contributed by atoms with van der Waals surface area (Å²) >= 11 is 0. The molecule has 0 amide bonds. The molecule has 0 N–H and O–H groups in total. The van der Waals surface area contributed by atoms with Gasteiger partial charge in [-0.15, -0.1) is 6.42 Å². The Bertz CT molecular complexity index is 196. The topological polar surface area (TPSA) is 24.7 Å². The molecule has 0 aromatic carbocycles. The van der Waals surface area contributed by atoms with Crippen molar-refractivity contribution in [1.29, 1.82) is 0 Å². The molecule has 0 aliphatic carbocycles. The molecule has 0 aliphatic rings. The van der Waals surface area contributed by atoms with Gasteiger partial charge in [0.05, 0.1) is 5.92 Å². The van der Waals surface area contributed by atoms with Gasteiger partial charge in [-0.1, -0.05) is 12.5 Å². The number of terminal acetylenes is 1. The highest BCUT2D eigenvalue weighted by Gasteiger charge is 2.01. The lowest BCUT2D eigenvalue weighted by Gasteiger charge is -1.99. The van der Waals surface area contributed by atoms with Crippen LogP contribution >= 0.6 is 0 Å². The molecule has 1 atom stereocenters. The van der Waals surface area contributed by atoms with E-state index < -0.39 is 0 Å². The lowest BCUT2D eigenvalue weighted by atomic mass is 10.2. The molecule has 0 bridgehead atoms. The van der Waals surface area contributed by atoms with E-state index in [1.807, 2.05) is 6.92 Å². The first-order valence-corrected chi connectivity index (χ1v) is 2.87. The Morgan fingerprint density at radius 3 is 2.70 bits per heavy atom. The average Bonchev–Trinajstić information content (AvgIpc) is 1.99. The maximum Gasteiger partial charge on any atom is 0.142 e. The van der Waals surface area contributed by atoms with Crippen molar-refractivity contribution < 1.29 is 0 Å². The summed E-state index contributed by atoms with van der Waals surface area (Å²) < 4.78 is 0. The van der Waals surface area contributed by atoms with Crippen LogP contribution in [0.1, 0.15) is 6.92 Å². The van der Waals surface area contributed by atoms with Crippen LogP contribution < -0.4 is 0 Å². The zero-order chi connectivity index (χ0) is 7.98. The summed E-state index contributed by atoms with van der Waals surface area (Å²) in [6.45, 7) is 8.58. The minimum Gasteiger partial charge on any atom is -0.248 e. The highest BCUT2D eigenvalue weighted by molar-refractivity contribution is 5.90. The van der Waals surface area contributed by atoms with Gasteiger partial charge < -0.3 is 0 Å². The van der Waals surface area contributed by atoms with Crippen molar-refractivity contribution in [2.24, 2.45) is 15.9 Å². The zero-order valence-electron chi connectivity index (χ0n) is 6.04. The minimum absolute atomic E-state index is 0.0875. The molecular formula is C8H10N2. The van der Waals surface area contributed by atoms with Crippen molar-refractivity contribution in [3.8, 4) is 12.3 Å². The van der Waals surface area contributed by atoms with E-state index in [0.717, 1.165) is 0 Å².